The monoisotopic (exact) mass is 426 g/mol. The Kier molecular flexibility index (Phi) is 4.80. The van der Waals surface area contributed by atoms with Crippen LogP contribution in [0.4, 0.5) is 5.69 Å². The number of hydrogen-bond acceptors (Lipinski definition) is 4. The van der Waals surface area contributed by atoms with Gasteiger partial charge in [-0.25, -0.2) is 13.1 Å². The van der Waals surface area contributed by atoms with Crippen molar-refractivity contribution in [2.24, 2.45) is 0 Å². The first-order valence-corrected chi connectivity index (χ1v) is 9.17. The average Bonchev–Trinajstić information content (AvgIpc) is 2.25. The van der Waals surface area contributed by atoms with E-state index in [1.54, 1.807) is 12.1 Å². The van der Waals surface area contributed by atoms with Gasteiger partial charge in [-0.3, -0.25) is 0 Å². The third kappa shape index (κ3) is 3.54. The standard InChI is InChI=1S/C12H16Br2N2O3S/c1-12(2-4-19-5-3-12)16-20(17,18)11-9(14)6-8(13)7-10(11)15/h6-7,16H,2-5,15H2,1H3. The lowest BCUT2D eigenvalue weighted by molar-refractivity contribution is 0.0537. The molecule has 0 aromatic heterocycles. The van der Waals surface area contributed by atoms with E-state index >= 15 is 0 Å². The third-order valence-corrected chi connectivity index (χ3v) is 6.38. The van der Waals surface area contributed by atoms with Crippen LogP contribution in [0, 0.1) is 0 Å². The summed E-state index contributed by atoms with van der Waals surface area (Å²) >= 11 is 6.54. The topological polar surface area (TPSA) is 81.4 Å². The van der Waals surface area contributed by atoms with Crippen molar-refractivity contribution in [2.75, 3.05) is 18.9 Å². The summed E-state index contributed by atoms with van der Waals surface area (Å²) in [5, 5.41) is 0. The number of nitrogens with one attached hydrogen (secondary N) is 1. The highest BCUT2D eigenvalue weighted by Crippen LogP contribution is 2.33. The van der Waals surface area contributed by atoms with E-state index in [9.17, 15) is 8.42 Å². The number of sulfonamides is 1. The van der Waals surface area contributed by atoms with Crippen molar-refractivity contribution in [1.29, 1.82) is 0 Å². The summed E-state index contributed by atoms with van der Waals surface area (Å²) in [5.41, 5.74) is 5.55. The molecule has 0 unspecified atom stereocenters. The van der Waals surface area contributed by atoms with Crippen LogP contribution in [0.5, 0.6) is 0 Å². The highest BCUT2D eigenvalue weighted by atomic mass is 79.9. The zero-order valence-electron chi connectivity index (χ0n) is 10.9. The summed E-state index contributed by atoms with van der Waals surface area (Å²) in [7, 11) is -3.69. The van der Waals surface area contributed by atoms with E-state index in [-0.39, 0.29) is 10.6 Å². The summed E-state index contributed by atoms with van der Waals surface area (Å²) < 4.78 is 34.3. The van der Waals surface area contributed by atoms with Crippen LogP contribution < -0.4 is 10.5 Å². The Balaban J connectivity index is 2.36. The lowest BCUT2D eigenvalue weighted by Gasteiger charge is -2.34. The molecule has 112 valence electrons. The Morgan fingerprint density at radius 2 is 1.90 bits per heavy atom. The quantitative estimate of drug-likeness (QED) is 0.726. The molecule has 0 spiro atoms. The number of halogens is 2. The number of nitrogen functional groups attached to an aromatic ring is 1. The minimum Gasteiger partial charge on any atom is -0.398 e. The summed E-state index contributed by atoms with van der Waals surface area (Å²) in [6, 6.07) is 3.24. The van der Waals surface area contributed by atoms with Crippen LogP contribution in [-0.2, 0) is 14.8 Å². The number of rotatable bonds is 3. The van der Waals surface area contributed by atoms with Crippen molar-refractivity contribution < 1.29 is 13.2 Å². The van der Waals surface area contributed by atoms with Crippen LogP contribution >= 0.6 is 31.9 Å². The second-order valence-corrected chi connectivity index (χ2v) is 8.47. The molecule has 1 aliphatic rings. The molecular weight excluding hydrogens is 412 g/mol. The predicted molar refractivity (Wildman–Crippen MR) is 85.0 cm³/mol. The van der Waals surface area contributed by atoms with E-state index in [0.717, 1.165) is 4.47 Å². The molecular formula is C12H16Br2N2O3S. The third-order valence-electron chi connectivity index (χ3n) is 3.28. The Hall–Kier alpha value is -0.150. The van der Waals surface area contributed by atoms with Gasteiger partial charge in [-0.2, -0.15) is 0 Å². The molecule has 0 aliphatic carbocycles. The number of anilines is 1. The van der Waals surface area contributed by atoms with Gasteiger partial charge in [-0.1, -0.05) is 15.9 Å². The predicted octanol–water partition coefficient (Wildman–Crippen LogP) is 2.64. The van der Waals surface area contributed by atoms with Crippen molar-refractivity contribution in [1.82, 2.24) is 4.72 Å². The Bertz CT molecular complexity index is 590. The molecule has 5 nitrogen and oxygen atoms in total. The highest BCUT2D eigenvalue weighted by Gasteiger charge is 2.34. The van der Waals surface area contributed by atoms with Gasteiger partial charge in [-0.15, -0.1) is 0 Å². The van der Waals surface area contributed by atoms with Gasteiger partial charge in [0.1, 0.15) is 4.90 Å². The van der Waals surface area contributed by atoms with Crippen molar-refractivity contribution in [3.63, 3.8) is 0 Å². The fourth-order valence-corrected chi connectivity index (χ4v) is 5.70. The molecule has 0 radical (unpaired) electrons. The largest absolute Gasteiger partial charge is 0.398 e. The maximum absolute atomic E-state index is 12.6. The maximum atomic E-state index is 12.6. The summed E-state index contributed by atoms with van der Waals surface area (Å²) in [5.74, 6) is 0. The lowest BCUT2D eigenvalue weighted by Crippen LogP contribution is -2.49. The highest BCUT2D eigenvalue weighted by molar-refractivity contribution is 9.11. The summed E-state index contributed by atoms with van der Waals surface area (Å²) in [4.78, 5) is 0.0772. The first-order valence-electron chi connectivity index (χ1n) is 6.10. The Labute approximate surface area is 135 Å². The van der Waals surface area contributed by atoms with Crippen LogP contribution in [0.15, 0.2) is 26.0 Å². The number of benzene rings is 1. The second kappa shape index (κ2) is 5.92. The first-order chi connectivity index (χ1) is 9.23. The molecule has 1 heterocycles. The van der Waals surface area contributed by atoms with E-state index in [1.807, 2.05) is 6.92 Å². The molecule has 0 amide bonds. The minimum atomic E-state index is -3.69. The molecule has 1 aliphatic heterocycles. The molecule has 8 heteroatoms. The van der Waals surface area contributed by atoms with Gasteiger partial charge in [0.25, 0.3) is 0 Å². The Morgan fingerprint density at radius 1 is 1.30 bits per heavy atom. The molecule has 0 atom stereocenters. The van der Waals surface area contributed by atoms with Crippen LogP contribution in [0.1, 0.15) is 19.8 Å². The van der Waals surface area contributed by atoms with Crippen molar-refractivity contribution >= 4 is 47.6 Å². The molecule has 20 heavy (non-hydrogen) atoms. The summed E-state index contributed by atoms with van der Waals surface area (Å²) in [6.45, 7) is 2.99. The molecule has 1 aromatic rings. The Morgan fingerprint density at radius 3 is 2.45 bits per heavy atom. The fraction of sp³-hybridized carbons (Fsp3) is 0.500. The van der Waals surface area contributed by atoms with Crippen LogP contribution in [0.3, 0.4) is 0 Å². The summed E-state index contributed by atoms with van der Waals surface area (Å²) in [6.07, 6.45) is 1.28. The van der Waals surface area contributed by atoms with Crippen LogP contribution in [0.25, 0.3) is 0 Å². The van der Waals surface area contributed by atoms with Gasteiger partial charge >= 0.3 is 0 Å². The minimum absolute atomic E-state index is 0.0772. The fourth-order valence-electron chi connectivity index (χ4n) is 2.16. The van der Waals surface area contributed by atoms with Gasteiger partial charge in [0, 0.05) is 27.7 Å². The first kappa shape index (κ1) is 16.2. The van der Waals surface area contributed by atoms with Gasteiger partial charge in [0.2, 0.25) is 10.0 Å². The van der Waals surface area contributed by atoms with Crippen LogP contribution in [0.2, 0.25) is 0 Å². The molecule has 1 aromatic carbocycles. The average molecular weight is 428 g/mol. The molecule has 1 saturated heterocycles. The van der Waals surface area contributed by atoms with Gasteiger partial charge in [-0.05, 0) is 47.8 Å². The van der Waals surface area contributed by atoms with Crippen molar-refractivity contribution in [2.45, 2.75) is 30.2 Å². The number of nitrogens with two attached hydrogens (primary N) is 1. The second-order valence-electron chi connectivity index (χ2n) is 5.08. The molecule has 3 N–H and O–H groups in total. The molecule has 0 saturated carbocycles. The molecule has 2 rings (SSSR count). The van der Waals surface area contributed by atoms with Crippen LogP contribution in [-0.4, -0.2) is 27.2 Å². The zero-order chi connectivity index (χ0) is 15.0. The van der Waals surface area contributed by atoms with Crippen molar-refractivity contribution in [3.8, 4) is 0 Å². The zero-order valence-corrected chi connectivity index (χ0v) is 14.9. The number of ether oxygens (including phenoxy) is 1. The van der Waals surface area contributed by atoms with Gasteiger partial charge < -0.3 is 10.5 Å². The van der Waals surface area contributed by atoms with E-state index in [1.165, 1.54) is 0 Å². The van der Waals surface area contributed by atoms with E-state index in [4.69, 9.17) is 10.5 Å². The SMILES string of the molecule is CC1(NS(=O)(=O)c2c(N)cc(Br)cc2Br)CCOCC1. The molecule has 0 bridgehead atoms. The van der Waals surface area contributed by atoms with Gasteiger partial charge in [0.15, 0.2) is 0 Å². The van der Waals surface area contributed by atoms with Crippen molar-refractivity contribution in [3.05, 3.63) is 21.1 Å². The maximum Gasteiger partial charge on any atom is 0.244 e. The number of hydrogen-bond donors (Lipinski definition) is 2. The molecule has 1 fully saturated rings. The normalized spacial score (nSPS) is 18.9. The van der Waals surface area contributed by atoms with Gasteiger partial charge in [0.05, 0.1) is 5.69 Å². The lowest BCUT2D eigenvalue weighted by atomic mass is 9.94. The van der Waals surface area contributed by atoms with E-state index < -0.39 is 15.6 Å². The van der Waals surface area contributed by atoms with E-state index in [0.29, 0.717) is 30.5 Å². The van der Waals surface area contributed by atoms with E-state index in [2.05, 4.69) is 36.6 Å². The smallest absolute Gasteiger partial charge is 0.244 e.